The van der Waals surface area contributed by atoms with Crippen LogP contribution in [0.2, 0.25) is 5.02 Å². The zero-order valence-electron chi connectivity index (χ0n) is 8.02. The summed E-state index contributed by atoms with van der Waals surface area (Å²) >= 11 is 5.71. The molecule has 5 heteroatoms. The molecular formula is C10H11ClN2O2. The molecule has 0 amide bonds. The third-order valence-corrected chi connectivity index (χ3v) is 3.00. The average molecular weight is 227 g/mol. The molecule has 0 radical (unpaired) electrons. The molecule has 0 aliphatic heterocycles. The molecule has 0 heterocycles. The standard InChI is InChI=1S/C10H11ClN2O2/c11-8-4-3-7(5-9(8)13(14)15)10(12)6-1-2-6/h3-6,10H,1-2,12H2/t10-/m0/s1. The molecular weight excluding hydrogens is 216 g/mol. The molecule has 15 heavy (non-hydrogen) atoms. The van der Waals surface area contributed by atoms with Crippen molar-refractivity contribution in [1.82, 2.24) is 0 Å². The molecule has 1 aliphatic carbocycles. The van der Waals surface area contributed by atoms with Crippen LogP contribution in [0.25, 0.3) is 0 Å². The molecule has 1 aromatic rings. The Bertz CT molecular complexity index is 404. The van der Waals surface area contributed by atoms with Gasteiger partial charge < -0.3 is 5.73 Å². The lowest BCUT2D eigenvalue weighted by Gasteiger charge is -2.10. The van der Waals surface area contributed by atoms with Crippen molar-refractivity contribution in [1.29, 1.82) is 0 Å². The number of benzene rings is 1. The Morgan fingerprint density at radius 2 is 2.20 bits per heavy atom. The number of nitro groups is 1. The fraction of sp³-hybridized carbons (Fsp3) is 0.400. The summed E-state index contributed by atoms with van der Waals surface area (Å²) in [5, 5.41) is 10.8. The van der Waals surface area contributed by atoms with Crippen LogP contribution in [0, 0.1) is 16.0 Å². The molecule has 0 unspecified atom stereocenters. The van der Waals surface area contributed by atoms with Gasteiger partial charge in [-0.15, -0.1) is 0 Å². The van der Waals surface area contributed by atoms with Crippen molar-refractivity contribution >= 4 is 17.3 Å². The van der Waals surface area contributed by atoms with Crippen LogP contribution < -0.4 is 5.73 Å². The second kappa shape index (κ2) is 3.79. The summed E-state index contributed by atoms with van der Waals surface area (Å²) in [5.41, 5.74) is 6.69. The first-order valence-electron chi connectivity index (χ1n) is 4.79. The second-order valence-electron chi connectivity index (χ2n) is 3.83. The lowest BCUT2D eigenvalue weighted by molar-refractivity contribution is -0.384. The van der Waals surface area contributed by atoms with Crippen LogP contribution >= 0.6 is 11.6 Å². The second-order valence-corrected chi connectivity index (χ2v) is 4.24. The first-order valence-corrected chi connectivity index (χ1v) is 5.17. The van der Waals surface area contributed by atoms with Crippen LogP contribution in [0.3, 0.4) is 0 Å². The van der Waals surface area contributed by atoms with Gasteiger partial charge in [-0.25, -0.2) is 0 Å². The Labute approximate surface area is 92.2 Å². The van der Waals surface area contributed by atoms with E-state index >= 15 is 0 Å². The highest BCUT2D eigenvalue weighted by Crippen LogP contribution is 2.40. The fourth-order valence-electron chi connectivity index (χ4n) is 1.60. The number of nitrogens with zero attached hydrogens (tertiary/aromatic N) is 1. The Kier molecular flexibility index (Phi) is 2.63. The summed E-state index contributed by atoms with van der Waals surface area (Å²) in [6.45, 7) is 0. The van der Waals surface area contributed by atoms with Crippen molar-refractivity contribution in [2.24, 2.45) is 11.7 Å². The quantitative estimate of drug-likeness (QED) is 0.636. The molecule has 1 saturated carbocycles. The van der Waals surface area contributed by atoms with Gasteiger partial charge in [0.2, 0.25) is 0 Å². The van der Waals surface area contributed by atoms with E-state index in [4.69, 9.17) is 17.3 Å². The maximum Gasteiger partial charge on any atom is 0.288 e. The topological polar surface area (TPSA) is 69.2 Å². The van der Waals surface area contributed by atoms with E-state index in [1.807, 2.05) is 0 Å². The van der Waals surface area contributed by atoms with E-state index < -0.39 is 4.92 Å². The summed E-state index contributed by atoms with van der Waals surface area (Å²) in [6.07, 6.45) is 2.22. The normalized spacial score (nSPS) is 17.5. The number of hydrogen-bond acceptors (Lipinski definition) is 3. The molecule has 2 N–H and O–H groups in total. The van der Waals surface area contributed by atoms with Crippen molar-refractivity contribution in [3.8, 4) is 0 Å². The van der Waals surface area contributed by atoms with Crippen molar-refractivity contribution in [3.05, 3.63) is 38.9 Å². The van der Waals surface area contributed by atoms with Crippen LogP contribution in [-0.4, -0.2) is 4.92 Å². The van der Waals surface area contributed by atoms with Gasteiger partial charge >= 0.3 is 0 Å². The van der Waals surface area contributed by atoms with Gasteiger partial charge in [0.15, 0.2) is 0 Å². The van der Waals surface area contributed by atoms with Crippen molar-refractivity contribution in [2.75, 3.05) is 0 Å². The van der Waals surface area contributed by atoms with E-state index in [0.717, 1.165) is 18.4 Å². The molecule has 0 aromatic heterocycles. The first kappa shape index (κ1) is 10.4. The summed E-state index contributed by atoms with van der Waals surface area (Å²) in [6, 6.07) is 4.68. The van der Waals surface area contributed by atoms with E-state index in [9.17, 15) is 10.1 Å². The summed E-state index contributed by atoms with van der Waals surface area (Å²) in [7, 11) is 0. The van der Waals surface area contributed by atoms with Gasteiger partial charge in [-0.2, -0.15) is 0 Å². The Hall–Kier alpha value is -1.13. The van der Waals surface area contributed by atoms with Crippen LogP contribution in [-0.2, 0) is 0 Å². The molecule has 2 rings (SSSR count). The zero-order chi connectivity index (χ0) is 11.0. The molecule has 0 bridgehead atoms. The SMILES string of the molecule is N[C@H](c1ccc(Cl)c([N+](=O)[O-])c1)C1CC1. The largest absolute Gasteiger partial charge is 0.324 e. The maximum absolute atomic E-state index is 10.7. The van der Waals surface area contributed by atoms with Crippen LogP contribution in [0.5, 0.6) is 0 Å². The Morgan fingerprint density at radius 1 is 1.53 bits per heavy atom. The molecule has 1 aliphatic rings. The minimum atomic E-state index is -0.481. The van der Waals surface area contributed by atoms with E-state index in [1.54, 1.807) is 6.07 Å². The Morgan fingerprint density at radius 3 is 2.73 bits per heavy atom. The van der Waals surface area contributed by atoms with Gasteiger partial charge in [-0.05, 0) is 30.4 Å². The lowest BCUT2D eigenvalue weighted by atomic mass is 10.0. The molecule has 4 nitrogen and oxygen atoms in total. The highest BCUT2D eigenvalue weighted by Gasteiger charge is 2.30. The highest BCUT2D eigenvalue weighted by atomic mass is 35.5. The fourth-order valence-corrected chi connectivity index (χ4v) is 1.79. The van der Waals surface area contributed by atoms with Gasteiger partial charge in [-0.3, -0.25) is 10.1 Å². The summed E-state index contributed by atoms with van der Waals surface area (Å²) in [4.78, 5) is 10.2. The molecule has 80 valence electrons. The third-order valence-electron chi connectivity index (χ3n) is 2.68. The van der Waals surface area contributed by atoms with Crippen molar-refractivity contribution < 1.29 is 4.92 Å². The van der Waals surface area contributed by atoms with E-state index in [2.05, 4.69) is 0 Å². The monoisotopic (exact) mass is 226 g/mol. The van der Waals surface area contributed by atoms with Crippen LogP contribution in [0.15, 0.2) is 18.2 Å². The zero-order valence-corrected chi connectivity index (χ0v) is 8.78. The first-order chi connectivity index (χ1) is 7.09. The number of halogens is 1. The van der Waals surface area contributed by atoms with Crippen LogP contribution in [0.4, 0.5) is 5.69 Å². The summed E-state index contributed by atoms with van der Waals surface area (Å²) < 4.78 is 0. The number of rotatable bonds is 3. The lowest BCUT2D eigenvalue weighted by Crippen LogP contribution is -2.12. The minimum Gasteiger partial charge on any atom is -0.324 e. The Balaban J connectivity index is 2.32. The van der Waals surface area contributed by atoms with Gasteiger partial charge in [0, 0.05) is 12.1 Å². The molecule has 1 fully saturated rings. The minimum absolute atomic E-state index is 0.0646. The molecule has 0 spiro atoms. The van der Waals surface area contributed by atoms with Gasteiger partial charge in [-0.1, -0.05) is 17.7 Å². The predicted octanol–water partition coefficient (Wildman–Crippen LogP) is 2.66. The number of hydrogen-bond donors (Lipinski definition) is 1. The van der Waals surface area contributed by atoms with Crippen molar-refractivity contribution in [3.63, 3.8) is 0 Å². The van der Waals surface area contributed by atoms with Gasteiger partial charge in [0.05, 0.1) is 4.92 Å². The molecule has 1 atom stereocenters. The third kappa shape index (κ3) is 2.11. The van der Waals surface area contributed by atoms with E-state index in [1.165, 1.54) is 12.1 Å². The predicted molar refractivity (Wildman–Crippen MR) is 57.8 cm³/mol. The number of nitro benzene ring substituents is 1. The molecule has 1 aromatic carbocycles. The number of nitrogens with two attached hydrogens (primary N) is 1. The average Bonchev–Trinajstić information content (AvgIpc) is 3.00. The smallest absolute Gasteiger partial charge is 0.288 e. The van der Waals surface area contributed by atoms with Gasteiger partial charge in [0.1, 0.15) is 5.02 Å². The molecule has 0 saturated heterocycles. The summed E-state index contributed by atoms with van der Waals surface area (Å²) in [5.74, 6) is 0.478. The van der Waals surface area contributed by atoms with Crippen LogP contribution in [0.1, 0.15) is 24.4 Å². The van der Waals surface area contributed by atoms with E-state index in [-0.39, 0.29) is 16.8 Å². The maximum atomic E-state index is 10.7. The van der Waals surface area contributed by atoms with Gasteiger partial charge in [0.25, 0.3) is 5.69 Å². The van der Waals surface area contributed by atoms with E-state index in [0.29, 0.717) is 5.92 Å². The van der Waals surface area contributed by atoms with Crippen molar-refractivity contribution in [2.45, 2.75) is 18.9 Å². The highest BCUT2D eigenvalue weighted by molar-refractivity contribution is 6.32.